The van der Waals surface area contributed by atoms with Crippen LogP contribution in [0.5, 0.6) is 0 Å². The standard InChI is InChI=1S/C53H108S4/c1-5-9-13-17-21-25-29-33-37-41-45-54-49-53(50-55-46-42-38-34-30-26-22-18-14-10-6-2,51-56-47-43-39-35-31-27-23-19-15-11-7-3)52-57-48-44-40-36-32-28-24-20-16-12-8-4/h5-52H2,1-4H3. The first-order valence-corrected chi connectivity index (χ1v) is 31.2. The zero-order valence-electron chi connectivity index (χ0n) is 40.1. The van der Waals surface area contributed by atoms with E-state index in [2.05, 4.69) is 74.7 Å². The highest BCUT2D eigenvalue weighted by molar-refractivity contribution is 8.02. The Morgan fingerprint density at radius 1 is 0.193 bits per heavy atom. The van der Waals surface area contributed by atoms with Gasteiger partial charge in [-0.05, 0) is 48.7 Å². The Labute approximate surface area is 380 Å². The Morgan fingerprint density at radius 3 is 0.491 bits per heavy atom. The molecule has 0 aliphatic carbocycles. The van der Waals surface area contributed by atoms with Crippen molar-refractivity contribution in [2.75, 3.05) is 46.0 Å². The van der Waals surface area contributed by atoms with Crippen LogP contribution < -0.4 is 0 Å². The number of hydrogen-bond acceptors (Lipinski definition) is 4. The lowest BCUT2D eigenvalue weighted by atomic mass is 9.99. The maximum Gasteiger partial charge on any atom is 0.00650 e. The second-order valence-electron chi connectivity index (χ2n) is 18.4. The summed E-state index contributed by atoms with van der Waals surface area (Å²) in [5.41, 5.74) is 0.513. The molecule has 0 unspecified atom stereocenters. The summed E-state index contributed by atoms with van der Waals surface area (Å²) < 4.78 is 0. The van der Waals surface area contributed by atoms with Gasteiger partial charge in [0.15, 0.2) is 0 Å². The molecule has 0 atom stereocenters. The molecule has 0 aromatic heterocycles. The summed E-state index contributed by atoms with van der Waals surface area (Å²) in [7, 11) is 0. The van der Waals surface area contributed by atoms with Crippen LogP contribution in [0.25, 0.3) is 0 Å². The number of rotatable bonds is 52. The summed E-state index contributed by atoms with van der Waals surface area (Å²) in [4.78, 5) is 0. The molecule has 0 N–H and O–H groups in total. The summed E-state index contributed by atoms with van der Waals surface area (Å²) >= 11 is 9.40. The van der Waals surface area contributed by atoms with Gasteiger partial charge < -0.3 is 0 Å². The average Bonchev–Trinajstić information content (AvgIpc) is 3.22. The monoisotopic (exact) mass is 873 g/mol. The van der Waals surface area contributed by atoms with Gasteiger partial charge in [-0.15, -0.1) is 0 Å². The Kier molecular flexibility index (Phi) is 53.0. The molecule has 0 aliphatic rings. The molecule has 0 radical (unpaired) electrons. The molecule has 0 aromatic carbocycles. The molecule has 0 aromatic rings. The van der Waals surface area contributed by atoms with Crippen LogP contribution >= 0.6 is 47.0 Å². The van der Waals surface area contributed by atoms with Gasteiger partial charge in [0.05, 0.1) is 0 Å². The molecule has 0 rings (SSSR count). The maximum absolute atomic E-state index is 2.35. The third kappa shape index (κ3) is 46.7. The van der Waals surface area contributed by atoms with E-state index < -0.39 is 0 Å². The topological polar surface area (TPSA) is 0 Å². The molecule has 0 aliphatic heterocycles. The third-order valence-electron chi connectivity index (χ3n) is 12.2. The Balaban J connectivity index is 4.91. The smallest absolute Gasteiger partial charge is 0.00650 e. The van der Waals surface area contributed by atoms with Crippen LogP contribution in [0.3, 0.4) is 0 Å². The van der Waals surface area contributed by atoms with Crippen molar-refractivity contribution in [3.8, 4) is 0 Å². The zero-order chi connectivity index (χ0) is 41.3. The van der Waals surface area contributed by atoms with E-state index in [-0.39, 0.29) is 0 Å². The quantitative estimate of drug-likeness (QED) is 0.0558. The van der Waals surface area contributed by atoms with Crippen molar-refractivity contribution in [1.29, 1.82) is 0 Å². The van der Waals surface area contributed by atoms with Crippen molar-refractivity contribution in [3.05, 3.63) is 0 Å². The van der Waals surface area contributed by atoms with Crippen LogP contribution in [-0.2, 0) is 0 Å². The molecular weight excluding hydrogens is 765 g/mol. The fraction of sp³-hybridized carbons (Fsp3) is 1.00. The lowest BCUT2D eigenvalue weighted by molar-refractivity contribution is 0.513. The highest BCUT2D eigenvalue weighted by Gasteiger charge is 2.30. The summed E-state index contributed by atoms with van der Waals surface area (Å²) in [6, 6.07) is 0. The van der Waals surface area contributed by atoms with Gasteiger partial charge >= 0.3 is 0 Å². The highest BCUT2D eigenvalue weighted by Crippen LogP contribution is 2.37. The van der Waals surface area contributed by atoms with E-state index >= 15 is 0 Å². The highest BCUT2D eigenvalue weighted by atomic mass is 32.2. The van der Waals surface area contributed by atoms with E-state index in [0.717, 1.165) is 0 Å². The maximum atomic E-state index is 2.35. The minimum atomic E-state index is 0.513. The fourth-order valence-corrected chi connectivity index (χ4v) is 14.1. The van der Waals surface area contributed by atoms with Crippen molar-refractivity contribution in [2.24, 2.45) is 5.41 Å². The summed E-state index contributed by atoms with van der Waals surface area (Å²) in [5.74, 6) is 11.2. The number of hydrogen-bond donors (Lipinski definition) is 0. The van der Waals surface area contributed by atoms with Crippen LogP contribution in [-0.4, -0.2) is 46.0 Å². The van der Waals surface area contributed by atoms with Gasteiger partial charge in [0.2, 0.25) is 0 Å². The summed E-state index contributed by atoms with van der Waals surface area (Å²) in [6.07, 6.45) is 58.1. The Hall–Kier alpha value is 1.40. The second-order valence-corrected chi connectivity index (χ2v) is 22.9. The molecule has 0 saturated heterocycles. The van der Waals surface area contributed by atoms with Crippen molar-refractivity contribution in [3.63, 3.8) is 0 Å². The van der Waals surface area contributed by atoms with Gasteiger partial charge in [-0.2, -0.15) is 47.0 Å². The number of thioether (sulfide) groups is 4. The van der Waals surface area contributed by atoms with Crippen LogP contribution in [0, 0.1) is 5.41 Å². The second kappa shape index (κ2) is 51.7. The molecule has 344 valence electrons. The molecule has 0 amide bonds. The van der Waals surface area contributed by atoms with E-state index in [0.29, 0.717) is 5.41 Å². The van der Waals surface area contributed by atoms with Gasteiger partial charge in [-0.25, -0.2) is 0 Å². The molecule has 0 fully saturated rings. The molecule has 57 heavy (non-hydrogen) atoms. The van der Waals surface area contributed by atoms with Gasteiger partial charge in [-0.3, -0.25) is 0 Å². The normalized spacial score (nSPS) is 12.0. The molecular formula is C53H108S4. The largest absolute Gasteiger partial charge is 0.161 e. The minimum Gasteiger partial charge on any atom is -0.161 e. The van der Waals surface area contributed by atoms with Crippen LogP contribution in [0.15, 0.2) is 0 Å². The lowest BCUT2D eigenvalue weighted by Crippen LogP contribution is -2.34. The minimum absolute atomic E-state index is 0.513. The average molecular weight is 874 g/mol. The van der Waals surface area contributed by atoms with E-state index in [1.54, 1.807) is 0 Å². The van der Waals surface area contributed by atoms with Gasteiger partial charge in [0.1, 0.15) is 0 Å². The van der Waals surface area contributed by atoms with Crippen molar-refractivity contribution < 1.29 is 0 Å². The van der Waals surface area contributed by atoms with Crippen molar-refractivity contribution in [1.82, 2.24) is 0 Å². The SMILES string of the molecule is CCCCCCCCCCCCSCC(CSCCCCCCCCCCCC)(CSCCCCCCCCCCCC)CSCCCCCCCCCCCC. The number of unbranched alkanes of at least 4 members (excludes halogenated alkanes) is 36. The van der Waals surface area contributed by atoms with E-state index in [1.807, 2.05) is 0 Å². The molecule has 0 heterocycles. The third-order valence-corrected chi connectivity index (χ3v) is 17.8. The first-order valence-electron chi connectivity index (χ1n) is 26.6. The van der Waals surface area contributed by atoms with Crippen molar-refractivity contribution >= 4 is 47.0 Å². The van der Waals surface area contributed by atoms with Crippen LogP contribution in [0.2, 0.25) is 0 Å². The predicted molar refractivity (Wildman–Crippen MR) is 279 cm³/mol. The van der Waals surface area contributed by atoms with Gasteiger partial charge in [0, 0.05) is 28.4 Å². The first kappa shape index (κ1) is 58.4. The van der Waals surface area contributed by atoms with Crippen LogP contribution in [0.1, 0.15) is 285 Å². The Morgan fingerprint density at radius 2 is 0.333 bits per heavy atom. The predicted octanol–water partition coefficient (Wildman–Crippen LogP) is 20.6. The molecule has 0 nitrogen and oxygen atoms in total. The molecule has 0 bridgehead atoms. The molecule has 0 spiro atoms. The van der Waals surface area contributed by atoms with E-state index in [4.69, 9.17) is 0 Å². The van der Waals surface area contributed by atoms with E-state index in [1.165, 1.54) is 303 Å². The van der Waals surface area contributed by atoms with E-state index in [9.17, 15) is 0 Å². The fourth-order valence-electron chi connectivity index (χ4n) is 8.17. The lowest BCUT2D eigenvalue weighted by Gasteiger charge is -2.33. The Bertz CT molecular complexity index is 581. The molecule has 0 saturated carbocycles. The molecule has 4 heteroatoms. The first-order chi connectivity index (χ1) is 28.2. The summed E-state index contributed by atoms with van der Waals surface area (Å²) in [5, 5.41) is 0. The van der Waals surface area contributed by atoms with Gasteiger partial charge in [-0.1, -0.05) is 259 Å². The van der Waals surface area contributed by atoms with Crippen LogP contribution in [0.4, 0.5) is 0 Å². The van der Waals surface area contributed by atoms with Crippen molar-refractivity contribution in [2.45, 2.75) is 285 Å². The van der Waals surface area contributed by atoms with Gasteiger partial charge in [0.25, 0.3) is 0 Å². The zero-order valence-corrected chi connectivity index (χ0v) is 43.3. The summed E-state index contributed by atoms with van der Waals surface area (Å²) in [6.45, 7) is 9.32.